The fourth-order valence-corrected chi connectivity index (χ4v) is 4.24. The van der Waals surface area contributed by atoms with Gasteiger partial charge in [0.05, 0.1) is 0 Å². The summed E-state index contributed by atoms with van der Waals surface area (Å²) in [6, 6.07) is -0.276. The normalized spacial score (nSPS) is 21.6. The zero-order valence-electron chi connectivity index (χ0n) is 15.0. The fourth-order valence-electron chi connectivity index (χ4n) is 3.49. The molecule has 1 aromatic heterocycles. The Hall–Kier alpha value is -1.70. The maximum Gasteiger partial charge on any atom is 0.318 e. The highest BCUT2D eigenvalue weighted by molar-refractivity contribution is 7.15. The summed E-state index contributed by atoms with van der Waals surface area (Å²) in [5.41, 5.74) is 0. The van der Waals surface area contributed by atoms with Crippen LogP contribution in [0.5, 0.6) is 0 Å². The Morgan fingerprint density at radius 3 is 2.56 bits per heavy atom. The summed E-state index contributed by atoms with van der Waals surface area (Å²) >= 11 is 1.39. The van der Waals surface area contributed by atoms with Crippen LogP contribution in [0.25, 0.3) is 0 Å². The van der Waals surface area contributed by atoms with Crippen molar-refractivity contribution in [1.29, 1.82) is 0 Å². The largest absolute Gasteiger partial charge is 0.335 e. The van der Waals surface area contributed by atoms with Crippen LogP contribution in [0.1, 0.15) is 69.7 Å². The van der Waals surface area contributed by atoms with E-state index in [2.05, 4.69) is 20.8 Å². The molecule has 0 aromatic carbocycles. The van der Waals surface area contributed by atoms with Gasteiger partial charge in [0, 0.05) is 18.5 Å². The van der Waals surface area contributed by atoms with Crippen molar-refractivity contribution in [2.45, 2.75) is 76.8 Å². The zero-order chi connectivity index (χ0) is 17.8. The first-order valence-electron chi connectivity index (χ1n) is 9.26. The molecule has 7 nitrogen and oxygen atoms in total. The van der Waals surface area contributed by atoms with Gasteiger partial charge in [-0.15, -0.1) is 10.2 Å². The van der Waals surface area contributed by atoms with Gasteiger partial charge in [-0.1, -0.05) is 44.4 Å². The lowest BCUT2D eigenvalue weighted by molar-refractivity contribution is -0.119. The molecular formula is C17H27N5O2S. The maximum atomic E-state index is 12.6. The predicted molar refractivity (Wildman–Crippen MR) is 97.8 cm³/mol. The Balaban J connectivity index is 1.57. The highest BCUT2D eigenvalue weighted by Gasteiger charge is 2.35. The minimum Gasteiger partial charge on any atom is -0.335 e. The molecule has 2 aliphatic rings. The molecule has 138 valence electrons. The van der Waals surface area contributed by atoms with E-state index in [0.717, 1.165) is 24.3 Å². The Morgan fingerprint density at radius 2 is 1.88 bits per heavy atom. The monoisotopic (exact) mass is 365 g/mol. The van der Waals surface area contributed by atoms with E-state index in [1.54, 1.807) is 4.90 Å². The molecule has 8 heteroatoms. The molecule has 2 N–H and O–H groups in total. The molecule has 0 bridgehead atoms. The number of carbonyl (C=O) groups excluding carboxylic acids is 2. The molecule has 0 radical (unpaired) electrons. The molecule has 25 heavy (non-hydrogen) atoms. The highest BCUT2D eigenvalue weighted by atomic mass is 32.1. The molecular weight excluding hydrogens is 338 g/mol. The van der Waals surface area contributed by atoms with Gasteiger partial charge in [-0.2, -0.15) is 0 Å². The molecule has 0 spiro atoms. The van der Waals surface area contributed by atoms with Crippen molar-refractivity contribution in [1.82, 2.24) is 20.4 Å². The SMILES string of the molecule is CC(C)c1nnc(NC(=O)C2CCCN2C(=O)NC2CCCCC2)s1. The van der Waals surface area contributed by atoms with E-state index >= 15 is 0 Å². The Bertz CT molecular complexity index is 612. The third-order valence-electron chi connectivity index (χ3n) is 4.91. The van der Waals surface area contributed by atoms with Crippen LogP contribution in [-0.2, 0) is 4.79 Å². The number of aromatic nitrogens is 2. The van der Waals surface area contributed by atoms with Gasteiger partial charge in [0.2, 0.25) is 11.0 Å². The number of nitrogens with zero attached hydrogens (tertiary/aromatic N) is 3. The van der Waals surface area contributed by atoms with Gasteiger partial charge in [0.25, 0.3) is 0 Å². The van der Waals surface area contributed by atoms with Crippen molar-refractivity contribution in [3.63, 3.8) is 0 Å². The lowest BCUT2D eigenvalue weighted by Gasteiger charge is -2.28. The van der Waals surface area contributed by atoms with Crippen molar-refractivity contribution in [2.75, 3.05) is 11.9 Å². The zero-order valence-corrected chi connectivity index (χ0v) is 15.8. The van der Waals surface area contributed by atoms with Gasteiger partial charge < -0.3 is 10.2 Å². The van der Waals surface area contributed by atoms with Crippen molar-refractivity contribution in [2.24, 2.45) is 0 Å². The average Bonchev–Trinajstić information content (AvgIpc) is 3.25. The molecule has 1 aromatic rings. The van der Waals surface area contributed by atoms with E-state index in [-0.39, 0.29) is 23.9 Å². The number of rotatable bonds is 4. The summed E-state index contributed by atoms with van der Waals surface area (Å²) in [6.45, 7) is 4.71. The third-order valence-corrected chi connectivity index (χ3v) is 6.05. The summed E-state index contributed by atoms with van der Waals surface area (Å²) in [5, 5.41) is 15.5. The maximum absolute atomic E-state index is 12.6. The number of amides is 3. The van der Waals surface area contributed by atoms with E-state index in [4.69, 9.17) is 0 Å². The lowest BCUT2D eigenvalue weighted by Crippen LogP contribution is -2.50. The van der Waals surface area contributed by atoms with Gasteiger partial charge in [0.15, 0.2) is 0 Å². The second-order valence-electron chi connectivity index (χ2n) is 7.23. The Labute approximate surface area is 152 Å². The quantitative estimate of drug-likeness (QED) is 0.858. The van der Waals surface area contributed by atoms with Gasteiger partial charge in [0.1, 0.15) is 11.0 Å². The molecule has 1 saturated carbocycles. The predicted octanol–water partition coefficient (Wildman–Crippen LogP) is 3.11. The van der Waals surface area contributed by atoms with Crippen molar-refractivity contribution in [3.05, 3.63) is 5.01 Å². The summed E-state index contributed by atoms with van der Waals surface area (Å²) in [7, 11) is 0. The number of anilines is 1. The van der Waals surface area contributed by atoms with E-state index in [1.165, 1.54) is 30.6 Å². The van der Waals surface area contributed by atoms with E-state index in [1.807, 2.05) is 13.8 Å². The number of likely N-dealkylation sites (tertiary alicyclic amines) is 1. The number of carbonyl (C=O) groups is 2. The molecule has 3 rings (SSSR count). The Morgan fingerprint density at radius 1 is 1.12 bits per heavy atom. The second-order valence-corrected chi connectivity index (χ2v) is 8.23. The third kappa shape index (κ3) is 4.48. The fraction of sp³-hybridized carbons (Fsp3) is 0.765. The smallest absolute Gasteiger partial charge is 0.318 e. The number of urea groups is 1. The number of hydrogen-bond donors (Lipinski definition) is 2. The van der Waals surface area contributed by atoms with Crippen molar-refractivity contribution >= 4 is 28.4 Å². The van der Waals surface area contributed by atoms with E-state index in [9.17, 15) is 9.59 Å². The van der Waals surface area contributed by atoms with Crippen LogP contribution in [0, 0.1) is 0 Å². The first kappa shape index (κ1) is 18.1. The van der Waals surface area contributed by atoms with Crippen LogP contribution in [-0.4, -0.2) is 45.7 Å². The van der Waals surface area contributed by atoms with Gasteiger partial charge in [-0.05, 0) is 25.7 Å². The lowest BCUT2D eigenvalue weighted by atomic mass is 9.96. The van der Waals surface area contributed by atoms with Crippen LogP contribution in [0.2, 0.25) is 0 Å². The minimum absolute atomic E-state index is 0.107. The Kier molecular flexibility index (Phi) is 5.88. The average molecular weight is 366 g/mol. The first-order valence-corrected chi connectivity index (χ1v) is 10.1. The highest BCUT2D eigenvalue weighted by Crippen LogP contribution is 2.25. The molecule has 2 heterocycles. The minimum atomic E-state index is -0.421. The summed E-state index contributed by atoms with van der Waals surface area (Å²) in [6.07, 6.45) is 7.22. The molecule has 1 aliphatic heterocycles. The number of nitrogens with one attached hydrogen (secondary N) is 2. The molecule has 3 amide bonds. The molecule has 2 fully saturated rings. The first-order chi connectivity index (χ1) is 12.0. The summed E-state index contributed by atoms with van der Waals surface area (Å²) < 4.78 is 0. The standard InChI is InChI=1S/C17H27N5O2S/c1-11(2)15-20-21-16(25-15)19-14(23)13-9-6-10-22(13)17(24)18-12-7-4-3-5-8-12/h11-13H,3-10H2,1-2H3,(H,18,24)(H,19,21,23). The molecule has 1 aliphatic carbocycles. The van der Waals surface area contributed by atoms with Crippen molar-refractivity contribution < 1.29 is 9.59 Å². The van der Waals surface area contributed by atoms with Crippen LogP contribution >= 0.6 is 11.3 Å². The molecule has 1 atom stereocenters. The van der Waals surface area contributed by atoms with Gasteiger partial charge in [-0.25, -0.2) is 4.79 Å². The van der Waals surface area contributed by atoms with Gasteiger partial charge >= 0.3 is 6.03 Å². The van der Waals surface area contributed by atoms with Gasteiger partial charge in [-0.3, -0.25) is 10.1 Å². The van der Waals surface area contributed by atoms with E-state index < -0.39 is 6.04 Å². The van der Waals surface area contributed by atoms with E-state index in [0.29, 0.717) is 18.1 Å². The van der Waals surface area contributed by atoms with Crippen LogP contribution < -0.4 is 10.6 Å². The topological polar surface area (TPSA) is 87.2 Å². The summed E-state index contributed by atoms with van der Waals surface area (Å²) in [4.78, 5) is 26.9. The molecule has 1 saturated heterocycles. The van der Waals surface area contributed by atoms with Crippen LogP contribution in [0.4, 0.5) is 9.93 Å². The number of hydrogen-bond acceptors (Lipinski definition) is 5. The van der Waals surface area contributed by atoms with Crippen LogP contribution in [0.15, 0.2) is 0 Å². The van der Waals surface area contributed by atoms with Crippen molar-refractivity contribution in [3.8, 4) is 0 Å². The summed E-state index contributed by atoms with van der Waals surface area (Å²) in [5.74, 6) is 0.121. The second kappa shape index (κ2) is 8.12. The van der Waals surface area contributed by atoms with Crippen LogP contribution in [0.3, 0.4) is 0 Å². The molecule has 1 unspecified atom stereocenters.